The molecule has 0 aliphatic carbocycles. The lowest BCUT2D eigenvalue weighted by molar-refractivity contribution is -0.139. The van der Waals surface area contributed by atoms with Gasteiger partial charge in [-0.15, -0.1) is 0 Å². The van der Waals surface area contributed by atoms with Crippen molar-refractivity contribution in [2.24, 2.45) is 0 Å². The summed E-state index contributed by atoms with van der Waals surface area (Å²) in [5.41, 5.74) is 3.07. The number of sulfonamides is 1. The first kappa shape index (κ1) is 28.4. The topological polar surface area (TPSA) is 111 Å². The van der Waals surface area contributed by atoms with Gasteiger partial charge in [0.1, 0.15) is 23.8 Å². The summed E-state index contributed by atoms with van der Waals surface area (Å²) in [6.45, 7) is 8.77. The molecule has 0 aliphatic heterocycles. The minimum Gasteiger partial charge on any atom is -0.487 e. The summed E-state index contributed by atoms with van der Waals surface area (Å²) in [6, 6.07) is 14.4. The largest absolute Gasteiger partial charge is 0.487 e. The normalized spacial score (nSPS) is 13.5. The van der Waals surface area contributed by atoms with E-state index >= 15 is 0 Å². The maximum Gasteiger partial charge on any atom is 0.319 e. The second-order valence-electron chi connectivity index (χ2n) is 9.28. The fourth-order valence-corrected chi connectivity index (χ4v) is 5.45. The molecule has 0 spiro atoms. The highest BCUT2D eigenvalue weighted by molar-refractivity contribution is 7.90. The van der Waals surface area contributed by atoms with Crippen LogP contribution in [0.4, 0.5) is 0 Å². The van der Waals surface area contributed by atoms with Gasteiger partial charge in [-0.3, -0.25) is 10.1 Å². The number of methoxy groups -OCH3 is 1. The monoisotopic (exact) mass is 529 g/mol. The Morgan fingerprint density at radius 2 is 1.84 bits per heavy atom. The number of carbonyl (C=O) groups excluding carboxylic acids is 1. The molecule has 1 N–H and O–H groups in total. The zero-order valence-electron chi connectivity index (χ0n) is 22.4. The lowest BCUT2D eigenvalue weighted by atomic mass is 10.1. The van der Waals surface area contributed by atoms with Crippen LogP contribution in [0.1, 0.15) is 43.4 Å². The number of hydrogen-bond donors (Lipinski definition) is 1. The van der Waals surface area contributed by atoms with Crippen LogP contribution in [-0.4, -0.2) is 50.4 Å². The molecule has 9 nitrogen and oxygen atoms in total. The van der Waals surface area contributed by atoms with Crippen molar-refractivity contribution in [2.45, 2.75) is 52.1 Å². The van der Waals surface area contributed by atoms with Gasteiger partial charge in [-0.05, 0) is 64.4 Å². The fourth-order valence-electron chi connectivity index (χ4n) is 3.64. The van der Waals surface area contributed by atoms with E-state index in [1.165, 1.54) is 25.4 Å². The van der Waals surface area contributed by atoms with Crippen LogP contribution in [0.25, 0.3) is 11.5 Å². The van der Waals surface area contributed by atoms with E-state index in [2.05, 4.69) is 10.3 Å². The Balaban J connectivity index is 1.88. The van der Waals surface area contributed by atoms with Crippen molar-refractivity contribution < 1.29 is 27.1 Å². The summed E-state index contributed by atoms with van der Waals surface area (Å²) in [6.07, 6.45) is 0. The molecule has 1 atom stereocenters. The van der Waals surface area contributed by atoms with Crippen LogP contribution in [0, 0.1) is 13.8 Å². The molecule has 37 heavy (non-hydrogen) atoms. The minimum absolute atomic E-state index is 0.135. The van der Waals surface area contributed by atoms with Crippen LogP contribution in [-0.2, 0) is 31.0 Å². The van der Waals surface area contributed by atoms with Crippen molar-refractivity contribution in [3.05, 3.63) is 71.1 Å². The molecule has 1 aromatic heterocycles. The third-order valence-corrected chi connectivity index (χ3v) is 8.96. The standard InChI is InChI=1S/C27H35N3O6S/c1-18(2)30(6)37(32,33)27(5,28-16-25(31)34-7)22-9-8-10-23(15-22)35-17-24-20(4)36-26(29-24)21-13-11-19(3)12-14-21/h8-15,18,28H,16-17H2,1-7H3. The number of nitrogens with one attached hydrogen (secondary N) is 1. The SMILES string of the molecule is COC(=O)CNC(C)(c1cccc(OCc2nc(-c3ccc(C)cc3)oc2C)c1)S(=O)(=O)N(C)C(C)C. The van der Waals surface area contributed by atoms with Crippen LogP contribution in [0.5, 0.6) is 5.75 Å². The van der Waals surface area contributed by atoms with Gasteiger partial charge in [0.2, 0.25) is 15.9 Å². The number of oxazole rings is 1. The quantitative estimate of drug-likeness (QED) is 0.369. The van der Waals surface area contributed by atoms with Gasteiger partial charge in [-0.1, -0.05) is 29.8 Å². The van der Waals surface area contributed by atoms with Gasteiger partial charge >= 0.3 is 5.97 Å². The van der Waals surface area contributed by atoms with Gasteiger partial charge in [0, 0.05) is 18.7 Å². The van der Waals surface area contributed by atoms with Gasteiger partial charge in [0.25, 0.3) is 0 Å². The van der Waals surface area contributed by atoms with Crippen molar-refractivity contribution in [2.75, 3.05) is 20.7 Å². The maximum atomic E-state index is 13.6. The Morgan fingerprint density at radius 3 is 2.46 bits per heavy atom. The first-order chi connectivity index (χ1) is 17.4. The second-order valence-corrected chi connectivity index (χ2v) is 11.6. The number of rotatable bonds is 11. The highest BCUT2D eigenvalue weighted by Crippen LogP contribution is 2.33. The molecule has 0 amide bonds. The molecule has 0 bridgehead atoms. The first-order valence-electron chi connectivity index (χ1n) is 11.9. The smallest absolute Gasteiger partial charge is 0.319 e. The summed E-state index contributed by atoms with van der Waals surface area (Å²) in [5, 5.41) is 2.89. The first-order valence-corrected chi connectivity index (χ1v) is 13.4. The number of ether oxygens (including phenoxy) is 2. The van der Waals surface area contributed by atoms with E-state index in [-0.39, 0.29) is 19.2 Å². The molecule has 10 heteroatoms. The van der Waals surface area contributed by atoms with Crippen LogP contribution < -0.4 is 10.1 Å². The van der Waals surface area contributed by atoms with Crippen molar-refractivity contribution in [1.82, 2.24) is 14.6 Å². The van der Waals surface area contributed by atoms with Gasteiger partial charge in [0.05, 0.1) is 13.7 Å². The summed E-state index contributed by atoms with van der Waals surface area (Å²) in [4.78, 5) is 14.8. The lowest BCUT2D eigenvalue weighted by Gasteiger charge is -2.36. The molecule has 0 saturated carbocycles. The third kappa shape index (κ3) is 6.20. The third-order valence-electron chi connectivity index (χ3n) is 6.37. The number of nitrogens with zero attached hydrogens (tertiary/aromatic N) is 2. The molecule has 0 saturated heterocycles. The number of esters is 1. The predicted molar refractivity (Wildman–Crippen MR) is 141 cm³/mol. The van der Waals surface area contributed by atoms with E-state index in [0.717, 1.165) is 11.1 Å². The van der Waals surface area contributed by atoms with Gasteiger partial charge < -0.3 is 13.9 Å². The van der Waals surface area contributed by atoms with Crippen molar-refractivity contribution >= 4 is 16.0 Å². The second kappa shape index (κ2) is 11.5. The molecule has 0 aliphatic rings. The zero-order valence-corrected chi connectivity index (χ0v) is 23.2. The van der Waals surface area contributed by atoms with Crippen LogP contribution >= 0.6 is 0 Å². The van der Waals surface area contributed by atoms with E-state index in [1.54, 1.807) is 38.1 Å². The van der Waals surface area contributed by atoms with Crippen LogP contribution in [0.15, 0.2) is 52.9 Å². The highest BCUT2D eigenvalue weighted by atomic mass is 32.2. The molecule has 1 heterocycles. The van der Waals surface area contributed by atoms with E-state index in [4.69, 9.17) is 13.9 Å². The Bertz CT molecular complexity index is 1330. The van der Waals surface area contributed by atoms with Gasteiger partial charge in [-0.25, -0.2) is 17.7 Å². The summed E-state index contributed by atoms with van der Waals surface area (Å²) in [7, 11) is -1.18. The molecule has 0 radical (unpaired) electrons. The number of hydrogen-bond acceptors (Lipinski definition) is 8. The maximum absolute atomic E-state index is 13.6. The Labute approximate surface area is 218 Å². The Kier molecular flexibility index (Phi) is 8.78. The van der Waals surface area contributed by atoms with E-state index in [1.807, 2.05) is 38.1 Å². The minimum atomic E-state index is -3.95. The highest BCUT2D eigenvalue weighted by Gasteiger charge is 2.44. The molecule has 200 valence electrons. The van der Waals surface area contributed by atoms with E-state index < -0.39 is 20.9 Å². The molecular formula is C27H35N3O6S. The van der Waals surface area contributed by atoms with Crippen molar-refractivity contribution in [3.63, 3.8) is 0 Å². The zero-order chi connectivity index (χ0) is 27.4. The Hall–Kier alpha value is -3.21. The molecule has 1 unspecified atom stereocenters. The number of benzene rings is 2. The molecular weight excluding hydrogens is 494 g/mol. The van der Waals surface area contributed by atoms with Crippen LogP contribution in [0.3, 0.4) is 0 Å². The van der Waals surface area contributed by atoms with Crippen molar-refractivity contribution in [1.29, 1.82) is 0 Å². The molecule has 2 aromatic carbocycles. The predicted octanol–water partition coefficient (Wildman–Crippen LogP) is 4.14. The van der Waals surface area contributed by atoms with Crippen LogP contribution in [0.2, 0.25) is 0 Å². The fraction of sp³-hybridized carbons (Fsp3) is 0.407. The summed E-state index contributed by atoms with van der Waals surface area (Å²) < 4.78 is 45.1. The van der Waals surface area contributed by atoms with E-state index in [0.29, 0.717) is 28.7 Å². The molecule has 3 rings (SSSR count). The van der Waals surface area contributed by atoms with Crippen molar-refractivity contribution in [3.8, 4) is 17.2 Å². The number of carbonyl (C=O) groups is 1. The average molecular weight is 530 g/mol. The number of aromatic nitrogens is 1. The number of aryl methyl sites for hydroxylation is 2. The average Bonchev–Trinajstić information content (AvgIpc) is 3.25. The molecule has 3 aromatic rings. The lowest BCUT2D eigenvalue weighted by Crippen LogP contribution is -2.54. The molecule has 0 fully saturated rings. The Morgan fingerprint density at radius 1 is 1.16 bits per heavy atom. The van der Waals surface area contributed by atoms with E-state index in [9.17, 15) is 13.2 Å². The summed E-state index contributed by atoms with van der Waals surface area (Å²) >= 11 is 0. The van der Waals surface area contributed by atoms with Gasteiger partial charge in [0.15, 0.2) is 4.87 Å². The summed E-state index contributed by atoms with van der Waals surface area (Å²) in [5.74, 6) is 1.02. The van der Waals surface area contributed by atoms with Gasteiger partial charge in [-0.2, -0.15) is 0 Å².